The van der Waals surface area contributed by atoms with Crippen molar-refractivity contribution in [3.8, 4) is 0 Å². The Morgan fingerprint density at radius 3 is 2.59 bits per heavy atom. The Morgan fingerprint density at radius 2 is 1.94 bits per heavy atom. The molecule has 0 saturated carbocycles. The van der Waals surface area contributed by atoms with E-state index < -0.39 is 0 Å². The summed E-state index contributed by atoms with van der Waals surface area (Å²) in [5, 5.41) is 0. The lowest BCUT2D eigenvalue weighted by atomic mass is 10.1. The third-order valence-corrected chi connectivity index (χ3v) is 3.64. The van der Waals surface area contributed by atoms with Crippen molar-refractivity contribution in [1.82, 2.24) is 0 Å². The molecular weight excluding hydrogens is 233 g/mol. The first kappa shape index (κ1) is 12.1. The largest absolute Gasteiger partial charge is 0.326 e. The molecule has 0 aliphatic carbocycles. The van der Waals surface area contributed by atoms with Gasteiger partial charge in [-0.25, -0.2) is 4.39 Å². The molecule has 0 fully saturated rings. The van der Waals surface area contributed by atoms with E-state index in [1.165, 1.54) is 17.8 Å². The van der Waals surface area contributed by atoms with Crippen molar-refractivity contribution in [2.75, 3.05) is 0 Å². The summed E-state index contributed by atoms with van der Waals surface area (Å²) < 4.78 is 13.5. The van der Waals surface area contributed by atoms with Crippen LogP contribution in [0.2, 0.25) is 0 Å². The number of halogens is 1. The second kappa shape index (κ2) is 5.34. The predicted octanol–water partition coefficient (Wildman–Crippen LogP) is 3.74. The lowest BCUT2D eigenvalue weighted by Gasteiger charge is -2.07. The van der Waals surface area contributed by atoms with Crippen LogP contribution in [0.3, 0.4) is 0 Å². The number of hydrogen-bond acceptors (Lipinski definition) is 2. The molecule has 0 aliphatic rings. The van der Waals surface area contributed by atoms with Gasteiger partial charge in [0.05, 0.1) is 0 Å². The highest BCUT2D eigenvalue weighted by Gasteiger charge is 2.04. The number of nitrogens with two attached hydrogens (primary N) is 1. The fourth-order valence-corrected chi connectivity index (χ4v) is 2.55. The van der Waals surface area contributed by atoms with E-state index in [4.69, 9.17) is 5.73 Å². The summed E-state index contributed by atoms with van der Waals surface area (Å²) in [4.78, 5) is 1.68. The lowest BCUT2D eigenvalue weighted by Crippen LogP contribution is -1.98. The van der Waals surface area contributed by atoms with Gasteiger partial charge in [-0.05, 0) is 42.3 Å². The van der Waals surface area contributed by atoms with Gasteiger partial charge in [0.25, 0.3) is 0 Å². The van der Waals surface area contributed by atoms with Gasteiger partial charge in [-0.3, -0.25) is 0 Å². The highest BCUT2D eigenvalue weighted by atomic mass is 32.2. The van der Waals surface area contributed by atoms with Crippen LogP contribution in [0.15, 0.2) is 52.3 Å². The quantitative estimate of drug-likeness (QED) is 0.894. The highest BCUT2D eigenvalue weighted by molar-refractivity contribution is 7.99. The summed E-state index contributed by atoms with van der Waals surface area (Å²) in [7, 11) is 0. The van der Waals surface area contributed by atoms with Crippen molar-refractivity contribution in [2.24, 2.45) is 5.73 Å². The van der Waals surface area contributed by atoms with Crippen LogP contribution in [0.4, 0.5) is 4.39 Å². The van der Waals surface area contributed by atoms with E-state index in [2.05, 4.69) is 0 Å². The summed E-state index contributed by atoms with van der Waals surface area (Å²) in [6.07, 6.45) is 0. The molecule has 2 rings (SSSR count). The molecule has 3 heteroatoms. The van der Waals surface area contributed by atoms with Gasteiger partial charge in [0.15, 0.2) is 0 Å². The number of hydrogen-bond donors (Lipinski definition) is 1. The summed E-state index contributed by atoms with van der Waals surface area (Å²) >= 11 is 1.43. The molecule has 0 aromatic heterocycles. The smallest absolute Gasteiger partial charge is 0.137 e. The Kier molecular flexibility index (Phi) is 3.82. The molecule has 17 heavy (non-hydrogen) atoms. The van der Waals surface area contributed by atoms with Crippen LogP contribution in [0.25, 0.3) is 0 Å². The van der Waals surface area contributed by atoms with E-state index in [1.54, 1.807) is 12.1 Å². The van der Waals surface area contributed by atoms with Crippen molar-refractivity contribution in [3.05, 3.63) is 59.4 Å². The average molecular weight is 247 g/mol. The fourth-order valence-electron chi connectivity index (χ4n) is 1.62. The SMILES string of the molecule is Cc1cc(Sc2ccccc2F)ccc1CN. The van der Waals surface area contributed by atoms with Crippen molar-refractivity contribution in [2.45, 2.75) is 23.3 Å². The van der Waals surface area contributed by atoms with E-state index in [0.717, 1.165) is 16.0 Å². The molecule has 0 amide bonds. The molecule has 2 aromatic rings. The van der Waals surface area contributed by atoms with E-state index in [1.807, 2.05) is 31.2 Å². The maximum Gasteiger partial charge on any atom is 0.137 e. The molecule has 0 bridgehead atoms. The number of aryl methyl sites for hydroxylation is 1. The Hall–Kier alpha value is -1.32. The lowest BCUT2D eigenvalue weighted by molar-refractivity contribution is 0.602. The number of benzene rings is 2. The molecule has 0 radical (unpaired) electrons. The summed E-state index contributed by atoms with van der Waals surface area (Å²) in [5.74, 6) is -0.182. The zero-order chi connectivity index (χ0) is 12.3. The zero-order valence-corrected chi connectivity index (χ0v) is 10.4. The first-order chi connectivity index (χ1) is 8.20. The molecular formula is C14H14FNS. The van der Waals surface area contributed by atoms with E-state index in [-0.39, 0.29) is 5.82 Å². The molecule has 88 valence electrons. The molecule has 0 spiro atoms. The zero-order valence-electron chi connectivity index (χ0n) is 9.61. The normalized spacial score (nSPS) is 10.5. The first-order valence-corrected chi connectivity index (χ1v) is 6.24. The molecule has 0 heterocycles. The van der Waals surface area contributed by atoms with Crippen LogP contribution in [0.1, 0.15) is 11.1 Å². The molecule has 1 nitrogen and oxygen atoms in total. The van der Waals surface area contributed by atoms with Crippen LogP contribution in [-0.2, 0) is 6.54 Å². The summed E-state index contributed by atoms with van der Waals surface area (Å²) in [6.45, 7) is 2.56. The van der Waals surface area contributed by atoms with Crippen LogP contribution in [0.5, 0.6) is 0 Å². The second-order valence-electron chi connectivity index (χ2n) is 3.82. The molecule has 2 aromatic carbocycles. The van der Waals surface area contributed by atoms with Gasteiger partial charge in [-0.15, -0.1) is 0 Å². The minimum Gasteiger partial charge on any atom is -0.326 e. The van der Waals surface area contributed by atoms with E-state index in [9.17, 15) is 4.39 Å². The van der Waals surface area contributed by atoms with Crippen molar-refractivity contribution >= 4 is 11.8 Å². The maximum atomic E-state index is 13.5. The summed E-state index contributed by atoms with van der Waals surface area (Å²) in [5.41, 5.74) is 7.89. The standard InChI is InChI=1S/C14H14FNS/c1-10-8-12(7-6-11(10)9-16)17-14-5-3-2-4-13(14)15/h2-8H,9,16H2,1H3. The van der Waals surface area contributed by atoms with Gasteiger partial charge in [0, 0.05) is 16.3 Å². The maximum absolute atomic E-state index is 13.5. The Balaban J connectivity index is 2.25. The van der Waals surface area contributed by atoms with Gasteiger partial charge < -0.3 is 5.73 Å². The Bertz CT molecular complexity index is 525. The van der Waals surface area contributed by atoms with Gasteiger partial charge in [-0.1, -0.05) is 30.0 Å². The minimum atomic E-state index is -0.182. The van der Waals surface area contributed by atoms with E-state index in [0.29, 0.717) is 11.4 Å². The van der Waals surface area contributed by atoms with Crippen LogP contribution in [0, 0.1) is 12.7 Å². The van der Waals surface area contributed by atoms with Gasteiger partial charge in [0.1, 0.15) is 5.82 Å². The van der Waals surface area contributed by atoms with Crippen LogP contribution in [-0.4, -0.2) is 0 Å². The topological polar surface area (TPSA) is 26.0 Å². The minimum absolute atomic E-state index is 0.182. The third kappa shape index (κ3) is 2.87. The van der Waals surface area contributed by atoms with Gasteiger partial charge >= 0.3 is 0 Å². The predicted molar refractivity (Wildman–Crippen MR) is 69.6 cm³/mol. The third-order valence-electron chi connectivity index (χ3n) is 2.60. The molecule has 0 atom stereocenters. The average Bonchev–Trinajstić information content (AvgIpc) is 2.32. The first-order valence-electron chi connectivity index (χ1n) is 5.42. The van der Waals surface area contributed by atoms with Crippen LogP contribution < -0.4 is 5.73 Å². The molecule has 0 unspecified atom stereocenters. The van der Waals surface area contributed by atoms with E-state index >= 15 is 0 Å². The molecule has 2 N–H and O–H groups in total. The Morgan fingerprint density at radius 1 is 1.18 bits per heavy atom. The van der Waals surface area contributed by atoms with Crippen molar-refractivity contribution in [3.63, 3.8) is 0 Å². The van der Waals surface area contributed by atoms with Crippen molar-refractivity contribution < 1.29 is 4.39 Å². The monoisotopic (exact) mass is 247 g/mol. The fraction of sp³-hybridized carbons (Fsp3) is 0.143. The van der Waals surface area contributed by atoms with Crippen molar-refractivity contribution in [1.29, 1.82) is 0 Å². The van der Waals surface area contributed by atoms with Gasteiger partial charge in [-0.2, -0.15) is 0 Å². The summed E-state index contributed by atoms with van der Waals surface area (Å²) in [6, 6.07) is 12.8. The van der Waals surface area contributed by atoms with Gasteiger partial charge in [0.2, 0.25) is 0 Å². The van der Waals surface area contributed by atoms with Crippen LogP contribution >= 0.6 is 11.8 Å². The second-order valence-corrected chi connectivity index (χ2v) is 4.94. The Labute approximate surface area is 105 Å². The highest BCUT2D eigenvalue weighted by Crippen LogP contribution is 2.30. The molecule has 0 aliphatic heterocycles. The molecule has 0 saturated heterocycles. The number of rotatable bonds is 3.